The van der Waals surface area contributed by atoms with Crippen LogP contribution in [0.5, 0.6) is 5.88 Å². The van der Waals surface area contributed by atoms with E-state index in [0.717, 1.165) is 43.5 Å². The first-order valence-corrected chi connectivity index (χ1v) is 9.04. The van der Waals surface area contributed by atoms with Gasteiger partial charge in [0.05, 0.1) is 12.2 Å². The molecule has 7 nitrogen and oxygen atoms in total. The van der Waals surface area contributed by atoms with E-state index < -0.39 is 0 Å². The number of nitrogens with one attached hydrogen (secondary N) is 1. The van der Waals surface area contributed by atoms with Gasteiger partial charge in [-0.05, 0) is 19.9 Å². The number of ether oxygens (including phenoxy) is 1. The van der Waals surface area contributed by atoms with Crippen LogP contribution in [0.2, 0.25) is 0 Å². The molecule has 2 aromatic rings. The predicted molar refractivity (Wildman–Crippen MR) is 116 cm³/mol. The van der Waals surface area contributed by atoms with Gasteiger partial charge in [-0.3, -0.25) is 4.99 Å². The summed E-state index contributed by atoms with van der Waals surface area (Å²) in [6.07, 6.45) is 2.83. The van der Waals surface area contributed by atoms with E-state index in [0.29, 0.717) is 11.8 Å². The summed E-state index contributed by atoms with van der Waals surface area (Å²) in [6, 6.07) is 5.71. The van der Waals surface area contributed by atoms with Gasteiger partial charge in [0.1, 0.15) is 11.9 Å². The van der Waals surface area contributed by atoms with Crippen LogP contribution in [0.1, 0.15) is 36.3 Å². The maximum Gasteiger partial charge on any atom is 0.213 e. The third kappa shape index (κ3) is 5.33. The summed E-state index contributed by atoms with van der Waals surface area (Å²) in [5, 5.41) is 7.52. The average molecular weight is 485 g/mol. The number of aromatic nitrogens is 2. The second-order valence-electron chi connectivity index (χ2n) is 6.71. The maximum absolute atomic E-state index is 5.96. The van der Waals surface area contributed by atoms with Crippen molar-refractivity contribution in [2.45, 2.75) is 39.2 Å². The van der Waals surface area contributed by atoms with Gasteiger partial charge in [-0.2, -0.15) is 0 Å². The number of pyridine rings is 1. The van der Waals surface area contributed by atoms with Crippen molar-refractivity contribution in [3.05, 3.63) is 41.4 Å². The van der Waals surface area contributed by atoms with Crippen molar-refractivity contribution in [2.24, 2.45) is 4.99 Å². The molecule has 1 aliphatic rings. The molecule has 0 spiro atoms. The fourth-order valence-corrected chi connectivity index (χ4v) is 3.48. The summed E-state index contributed by atoms with van der Waals surface area (Å²) in [4.78, 5) is 10.9. The highest BCUT2D eigenvalue weighted by molar-refractivity contribution is 14.0. The highest BCUT2D eigenvalue weighted by Gasteiger charge is 2.27. The van der Waals surface area contributed by atoms with Crippen LogP contribution < -0.4 is 10.1 Å². The zero-order valence-electron chi connectivity index (χ0n) is 16.3. The molecular weight excluding hydrogens is 457 g/mol. The fourth-order valence-electron chi connectivity index (χ4n) is 3.48. The Balaban J connectivity index is 0.00000261. The molecule has 2 unspecified atom stereocenters. The van der Waals surface area contributed by atoms with Gasteiger partial charge in [0.25, 0.3) is 0 Å². The molecule has 27 heavy (non-hydrogen) atoms. The van der Waals surface area contributed by atoms with Gasteiger partial charge in [0.15, 0.2) is 5.96 Å². The Morgan fingerprint density at radius 3 is 2.89 bits per heavy atom. The van der Waals surface area contributed by atoms with E-state index in [1.165, 1.54) is 5.56 Å². The van der Waals surface area contributed by atoms with Gasteiger partial charge < -0.3 is 19.5 Å². The first-order valence-electron chi connectivity index (χ1n) is 9.04. The Kier molecular flexibility index (Phi) is 7.88. The largest absolute Gasteiger partial charge is 0.472 e. The monoisotopic (exact) mass is 485 g/mol. The predicted octanol–water partition coefficient (Wildman–Crippen LogP) is 3.14. The molecule has 148 valence electrons. The zero-order valence-corrected chi connectivity index (χ0v) is 18.6. The molecule has 3 heterocycles. The Hall–Kier alpha value is -1.84. The molecule has 0 aliphatic carbocycles. The molecule has 0 bridgehead atoms. The van der Waals surface area contributed by atoms with Crippen LogP contribution in [-0.4, -0.2) is 53.8 Å². The molecule has 8 heteroatoms. The third-order valence-electron chi connectivity index (χ3n) is 4.73. The quantitative estimate of drug-likeness (QED) is 0.399. The van der Waals surface area contributed by atoms with Crippen molar-refractivity contribution in [1.29, 1.82) is 0 Å². The van der Waals surface area contributed by atoms with Crippen molar-refractivity contribution in [3.63, 3.8) is 0 Å². The molecule has 1 saturated heterocycles. The Morgan fingerprint density at radius 1 is 1.44 bits per heavy atom. The van der Waals surface area contributed by atoms with Gasteiger partial charge in [0.2, 0.25) is 5.88 Å². The lowest BCUT2D eigenvalue weighted by atomic mass is 10.00. The van der Waals surface area contributed by atoms with Crippen LogP contribution in [0.4, 0.5) is 0 Å². The lowest BCUT2D eigenvalue weighted by Crippen LogP contribution is -2.42. The number of rotatable bonds is 5. The minimum atomic E-state index is 0. The smallest absolute Gasteiger partial charge is 0.213 e. The number of nitrogens with zero attached hydrogens (tertiary/aromatic N) is 4. The normalized spacial score (nSPS) is 18.1. The lowest BCUT2D eigenvalue weighted by molar-refractivity contribution is 0.205. The summed E-state index contributed by atoms with van der Waals surface area (Å²) >= 11 is 0. The van der Waals surface area contributed by atoms with E-state index in [9.17, 15) is 0 Å². The molecule has 1 fully saturated rings. The number of likely N-dealkylation sites (tertiary alicyclic amines) is 1. The SMILES string of the molecule is CN=C(NCC(C)c1c(C)noc1C)N1CCC(Oc2ccccn2)C1.I. The van der Waals surface area contributed by atoms with Gasteiger partial charge in [-0.15, -0.1) is 24.0 Å². The molecule has 3 rings (SSSR count). The molecule has 2 atom stereocenters. The van der Waals surface area contributed by atoms with Gasteiger partial charge in [0, 0.05) is 50.3 Å². The van der Waals surface area contributed by atoms with Crippen LogP contribution >= 0.6 is 24.0 Å². The van der Waals surface area contributed by atoms with E-state index in [4.69, 9.17) is 9.26 Å². The average Bonchev–Trinajstić information content (AvgIpc) is 3.23. The maximum atomic E-state index is 5.96. The van der Waals surface area contributed by atoms with E-state index >= 15 is 0 Å². The number of halogens is 1. The number of aryl methyl sites for hydroxylation is 2. The standard InChI is InChI=1S/C19H27N5O2.HI/c1-13(18-14(2)23-26-15(18)3)11-22-19(20-4)24-10-8-16(12-24)25-17-7-5-6-9-21-17;/h5-7,9,13,16H,8,10-12H2,1-4H3,(H,20,22);1H. The second kappa shape index (κ2) is 9.91. The van der Waals surface area contributed by atoms with Crippen LogP contribution in [0.25, 0.3) is 0 Å². The fraction of sp³-hybridized carbons (Fsp3) is 0.526. The van der Waals surface area contributed by atoms with Crippen molar-refractivity contribution in [3.8, 4) is 5.88 Å². The molecule has 1 N–H and O–H groups in total. The zero-order chi connectivity index (χ0) is 18.5. The van der Waals surface area contributed by atoms with Gasteiger partial charge in [-0.25, -0.2) is 4.98 Å². The van der Waals surface area contributed by atoms with E-state index in [-0.39, 0.29) is 30.1 Å². The molecule has 2 aromatic heterocycles. The first kappa shape index (κ1) is 21.5. The highest BCUT2D eigenvalue weighted by Crippen LogP contribution is 2.22. The molecule has 0 amide bonds. The summed E-state index contributed by atoms with van der Waals surface area (Å²) in [5.41, 5.74) is 2.13. The molecule has 0 radical (unpaired) electrons. The highest BCUT2D eigenvalue weighted by atomic mass is 127. The molecular formula is C19H28IN5O2. The van der Waals surface area contributed by atoms with Crippen LogP contribution in [0, 0.1) is 13.8 Å². The molecule has 0 saturated carbocycles. The molecule has 1 aliphatic heterocycles. The van der Waals surface area contributed by atoms with E-state index in [2.05, 4.69) is 32.3 Å². The number of aliphatic imine (C=N–C) groups is 1. The van der Waals surface area contributed by atoms with Crippen molar-refractivity contribution in [2.75, 3.05) is 26.7 Å². The van der Waals surface area contributed by atoms with Crippen LogP contribution in [-0.2, 0) is 0 Å². The third-order valence-corrected chi connectivity index (χ3v) is 4.73. The first-order chi connectivity index (χ1) is 12.6. The minimum absolute atomic E-state index is 0. The minimum Gasteiger partial charge on any atom is -0.472 e. The second-order valence-corrected chi connectivity index (χ2v) is 6.71. The Bertz CT molecular complexity index is 730. The van der Waals surface area contributed by atoms with Gasteiger partial charge in [-0.1, -0.05) is 18.1 Å². The Morgan fingerprint density at radius 2 is 2.26 bits per heavy atom. The summed E-state index contributed by atoms with van der Waals surface area (Å²) in [6.45, 7) is 8.60. The topological polar surface area (TPSA) is 75.8 Å². The lowest BCUT2D eigenvalue weighted by Gasteiger charge is -2.23. The number of guanidine groups is 1. The van der Waals surface area contributed by atoms with E-state index in [1.807, 2.05) is 39.1 Å². The van der Waals surface area contributed by atoms with Crippen molar-refractivity contribution >= 4 is 29.9 Å². The number of hydrogen-bond acceptors (Lipinski definition) is 5. The van der Waals surface area contributed by atoms with Crippen LogP contribution in [0.15, 0.2) is 33.9 Å². The summed E-state index contributed by atoms with van der Waals surface area (Å²) in [5.74, 6) is 2.75. The molecule has 0 aromatic carbocycles. The van der Waals surface area contributed by atoms with Crippen LogP contribution in [0.3, 0.4) is 0 Å². The Labute approximate surface area is 177 Å². The van der Waals surface area contributed by atoms with E-state index in [1.54, 1.807) is 6.20 Å². The van der Waals surface area contributed by atoms with Crippen molar-refractivity contribution < 1.29 is 9.26 Å². The van der Waals surface area contributed by atoms with Gasteiger partial charge >= 0.3 is 0 Å². The summed E-state index contributed by atoms with van der Waals surface area (Å²) in [7, 11) is 1.82. The summed E-state index contributed by atoms with van der Waals surface area (Å²) < 4.78 is 11.2. The van der Waals surface area contributed by atoms with Crippen molar-refractivity contribution in [1.82, 2.24) is 20.4 Å². The number of hydrogen-bond donors (Lipinski definition) is 1.